The number of aliphatic carboxylic acids is 1. The number of carbonyl (C=O) groups excluding carboxylic acids is 1. The van der Waals surface area contributed by atoms with Gasteiger partial charge in [-0.05, 0) is 31.8 Å². The highest BCUT2D eigenvalue weighted by Crippen LogP contribution is 2.07. The van der Waals surface area contributed by atoms with Crippen molar-refractivity contribution in [3.05, 3.63) is 0 Å². The zero-order valence-corrected chi connectivity index (χ0v) is 12.4. The molecule has 3 N–H and O–H groups in total. The zero-order valence-electron chi connectivity index (χ0n) is 12.4. The van der Waals surface area contributed by atoms with Crippen molar-refractivity contribution < 1.29 is 14.7 Å². The Bertz CT molecular complexity index is 304. The van der Waals surface area contributed by atoms with E-state index >= 15 is 0 Å². The van der Waals surface area contributed by atoms with Crippen molar-refractivity contribution in [2.24, 2.45) is 5.92 Å². The van der Waals surface area contributed by atoms with Crippen LogP contribution in [0.3, 0.4) is 0 Å². The van der Waals surface area contributed by atoms with Crippen molar-refractivity contribution in [1.82, 2.24) is 15.5 Å². The van der Waals surface area contributed by atoms with Gasteiger partial charge in [-0.3, -0.25) is 4.79 Å². The number of carbonyl (C=O) groups is 2. The number of likely N-dealkylation sites (tertiary alicyclic amines) is 1. The number of carboxylic acid groups (broad SMARTS) is 1. The second kappa shape index (κ2) is 9.58. The molecule has 1 atom stereocenters. The summed E-state index contributed by atoms with van der Waals surface area (Å²) in [4.78, 5) is 24.6. The monoisotopic (exact) mass is 285 g/mol. The van der Waals surface area contributed by atoms with Gasteiger partial charge in [0.1, 0.15) is 0 Å². The summed E-state index contributed by atoms with van der Waals surface area (Å²) in [6.07, 6.45) is 4.66. The first-order chi connectivity index (χ1) is 9.61. The topological polar surface area (TPSA) is 81.7 Å². The molecule has 0 aliphatic carbocycles. The summed E-state index contributed by atoms with van der Waals surface area (Å²) in [5.74, 6) is -0.815. The second-order valence-electron chi connectivity index (χ2n) is 5.41. The van der Waals surface area contributed by atoms with E-state index in [4.69, 9.17) is 5.11 Å². The van der Waals surface area contributed by atoms with E-state index in [0.717, 1.165) is 26.1 Å². The maximum atomic E-state index is 11.6. The molecule has 1 fully saturated rings. The number of rotatable bonds is 8. The molecule has 6 nitrogen and oxygen atoms in total. The van der Waals surface area contributed by atoms with Gasteiger partial charge in [-0.15, -0.1) is 0 Å². The molecule has 0 saturated carbocycles. The summed E-state index contributed by atoms with van der Waals surface area (Å²) in [7, 11) is 0. The Kier molecular flexibility index (Phi) is 8.02. The quantitative estimate of drug-likeness (QED) is 0.627. The molecule has 1 aliphatic heterocycles. The lowest BCUT2D eigenvalue weighted by Gasteiger charge is -2.26. The Hall–Kier alpha value is -1.30. The van der Waals surface area contributed by atoms with Crippen molar-refractivity contribution in [2.75, 3.05) is 32.7 Å². The fraction of sp³-hybridized carbons (Fsp3) is 0.857. The fourth-order valence-corrected chi connectivity index (χ4v) is 2.42. The van der Waals surface area contributed by atoms with Crippen molar-refractivity contribution >= 4 is 12.0 Å². The number of nitrogens with zero attached hydrogens (tertiary/aromatic N) is 1. The van der Waals surface area contributed by atoms with Crippen LogP contribution in [-0.4, -0.2) is 54.7 Å². The molecule has 0 aromatic carbocycles. The van der Waals surface area contributed by atoms with Crippen LogP contribution in [0, 0.1) is 5.92 Å². The molecule has 1 rings (SSSR count). The summed E-state index contributed by atoms with van der Waals surface area (Å²) in [5, 5.41) is 14.3. The number of nitrogens with one attached hydrogen (secondary N) is 2. The summed E-state index contributed by atoms with van der Waals surface area (Å²) in [6.45, 7) is 6.13. The van der Waals surface area contributed by atoms with Crippen LogP contribution in [0.2, 0.25) is 0 Å². The van der Waals surface area contributed by atoms with Gasteiger partial charge in [-0.2, -0.15) is 0 Å². The van der Waals surface area contributed by atoms with Crippen LogP contribution in [0.25, 0.3) is 0 Å². The molecule has 20 heavy (non-hydrogen) atoms. The minimum atomic E-state index is -0.816. The molecule has 0 spiro atoms. The van der Waals surface area contributed by atoms with Crippen LogP contribution in [0.4, 0.5) is 4.79 Å². The van der Waals surface area contributed by atoms with Crippen molar-refractivity contribution in [2.45, 2.75) is 39.0 Å². The molecule has 0 aromatic rings. The number of piperidine rings is 1. The minimum Gasteiger partial charge on any atom is -0.481 e. The first kappa shape index (κ1) is 16.8. The molecular formula is C14H27N3O3. The summed E-state index contributed by atoms with van der Waals surface area (Å²) in [5.41, 5.74) is 0. The smallest absolute Gasteiger partial charge is 0.314 e. The summed E-state index contributed by atoms with van der Waals surface area (Å²) < 4.78 is 0. The molecule has 1 heterocycles. The predicted molar refractivity (Wildman–Crippen MR) is 77.7 cm³/mol. The van der Waals surface area contributed by atoms with Gasteiger partial charge in [0.15, 0.2) is 0 Å². The van der Waals surface area contributed by atoms with Crippen LogP contribution in [-0.2, 0) is 4.79 Å². The Morgan fingerprint density at radius 2 is 1.90 bits per heavy atom. The molecule has 0 bridgehead atoms. The first-order valence-electron chi connectivity index (χ1n) is 7.57. The summed E-state index contributed by atoms with van der Waals surface area (Å²) >= 11 is 0. The maximum absolute atomic E-state index is 11.6. The van der Waals surface area contributed by atoms with Gasteiger partial charge < -0.3 is 20.6 Å². The number of hydrogen-bond acceptors (Lipinski definition) is 3. The lowest BCUT2D eigenvalue weighted by Crippen LogP contribution is -2.43. The molecule has 116 valence electrons. The normalized spacial score (nSPS) is 17.4. The van der Waals surface area contributed by atoms with E-state index in [9.17, 15) is 9.59 Å². The van der Waals surface area contributed by atoms with Crippen LogP contribution in [0.15, 0.2) is 0 Å². The largest absolute Gasteiger partial charge is 0.481 e. The number of urea groups is 1. The van der Waals surface area contributed by atoms with Gasteiger partial charge in [-0.1, -0.05) is 19.8 Å². The molecule has 1 aliphatic rings. The predicted octanol–water partition coefficient (Wildman–Crippen LogP) is 1.27. The number of carboxylic acids is 1. The molecule has 2 amide bonds. The van der Waals surface area contributed by atoms with Gasteiger partial charge >= 0.3 is 12.0 Å². The summed E-state index contributed by atoms with van der Waals surface area (Å²) in [6, 6.07) is -0.203. The average molecular weight is 285 g/mol. The minimum absolute atomic E-state index is 0.000319. The van der Waals surface area contributed by atoms with Crippen LogP contribution >= 0.6 is 0 Å². The maximum Gasteiger partial charge on any atom is 0.314 e. The van der Waals surface area contributed by atoms with Crippen molar-refractivity contribution in [1.29, 1.82) is 0 Å². The molecule has 0 radical (unpaired) electrons. The van der Waals surface area contributed by atoms with Crippen molar-refractivity contribution in [3.8, 4) is 0 Å². The standard InChI is InChI=1S/C14H27N3O3/c1-2-12(10-13(18)19)11-16-14(20)15-6-9-17-7-4-3-5-8-17/h12H,2-11H2,1H3,(H,18,19)(H2,15,16,20). The van der Waals surface area contributed by atoms with E-state index in [1.165, 1.54) is 19.3 Å². The van der Waals surface area contributed by atoms with Crippen LogP contribution < -0.4 is 10.6 Å². The van der Waals surface area contributed by atoms with Gasteiger partial charge in [0.2, 0.25) is 0 Å². The van der Waals surface area contributed by atoms with E-state index in [2.05, 4.69) is 15.5 Å². The Balaban J connectivity index is 2.08. The lowest BCUT2D eigenvalue weighted by molar-refractivity contribution is -0.138. The van der Waals surface area contributed by atoms with E-state index in [1.54, 1.807) is 0 Å². The highest BCUT2D eigenvalue weighted by atomic mass is 16.4. The van der Waals surface area contributed by atoms with E-state index in [1.807, 2.05) is 6.92 Å². The fourth-order valence-electron chi connectivity index (χ4n) is 2.42. The Morgan fingerprint density at radius 1 is 1.20 bits per heavy atom. The zero-order chi connectivity index (χ0) is 14.8. The third kappa shape index (κ3) is 7.33. The molecule has 1 unspecified atom stereocenters. The van der Waals surface area contributed by atoms with E-state index in [0.29, 0.717) is 13.1 Å². The highest BCUT2D eigenvalue weighted by Gasteiger charge is 2.13. The van der Waals surface area contributed by atoms with E-state index in [-0.39, 0.29) is 18.4 Å². The molecule has 1 saturated heterocycles. The Morgan fingerprint density at radius 3 is 2.50 bits per heavy atom. The molecule has 0 aromatic heterocycles. The second-order valence-corrected chi connectivity index (χ2v) is 5.41. The lowest BCUT2D eigenvalue weighted by atomic mass is 10.0. The van der Waals surface area contributed by atoms with Crippen molar-refractivity contribution in [3.63, 3.8) is 0 Å². The number of hydrogen-bond donors (Lipinski definition) is 3. The van der Waals surface area contributed by atoms with Gasteiger partial charge in [0.05, 0.1) is 0 Å². The van der Waals surface area contributed by atoms with Crippen LogP contribution in [0.1, 0.15) is 39.0 Å². The first-order valence-corrected chi connectivity index (χ1v) is 7.57. The van der Waals surface area contributed by atoms with Gasteiger partial charge in [-0.25, -0.2) is 4.79 Å². The third-order valence-electron chi connectivity index (χ3n) is 3.75. The molecule has 6 heteroatoms. The van der Waals surface area contributed by atoms with Gasteiger partial charge in [0.25, 0.3) is 0 Å². The van der Waals surface area contributed by atoms with Crippen LogP contribution in [0.5, 0.6) is 0 Å². The highest BCUT2D eigenvalue weighted by molar-refractivity contribution is 5.74. The average Bonchev–Trinajstić information content (AvgIpc) is 2.44. The number of amides is 2. The van der Waals surface area contributed by atoms with Gasteiger partial charge in [0, 0.05) is 26.1 Å². The van der Waals surface area contributed by atoms with E-state index < -0.39 is 5.97 Å². The SMILES string of the molecule is CCC(CNC(=O)NCCN1CCCCC1)CC(=O)O. The Labute approximate surface area is 120 Å². The third-order valence-corrected chi connectivity index (χ3v) is 3.75. The molecular weight excluding hydrogens is 258 g/mol.